The fourth-order valence-electron chi connectivity index (χ4n) is 1.52. The van der Waals surface area contributed by atoms with Crippen LogP contribution in [0.2, 0.25) is 0 Å². The maximum absolute atomic E-state index is 11.9. The molecule has 0 fully saturated rings. The van der Waals surface area contributed by atoms with E-state index in [4.69, 9.17) is 5.73 Å². The second kappa shape index (κ2) is 6.83. The molecule has 0 radical (unpaired) electrons. The van der Waals surface area contributed by atoms with E-state index in [2.05, 4.69) is 12.2 Å². The smallest absolute Gasteiger partial charge is 0.240 e. The van der Waals surface area contributed by atoms with Gasteiger partial charge < -0.3 is 11.1 Å². The Labute approximate surface area is 93.8 Å². The zero-order valence-electron chi connectivity index (χ0n) is 10.6. The van der Waals surface area contributed by atoms with Gasteiger partial charge in [0.25, 0.3) is 0 Å². The third-order valence-corrected chi connectivity index (χ3v) is 3.08. The lowest BCUT2D eigenvalue weighted by Gasteiger charge is -2.27. The minimum atomic E-state index is -0.680. The number of amides is 1. The van der Waals surface area contributed by atoms with Crippen LogP contribution in [-0.4, -0.2) is 17.5 Å². The highest BCUT2D eigenvalue weighted by Crippen LogP contribution is 2.12. The molecule has 0 saturated heterocycles. The van der Waals surface area contributed by atoms with Gasteiger partial charge in [-0.3, -0.25) is 4.79 Å². The topological polar surface area (TPSA) is 55.1 Å². The summed E-state index contributed by atoms with van der Waals surface area (Å²) in [6.45, 7) is 8.11. The molecule has 0 heterocycles. The van der Waals surface area contributed by atoms with E-state index in [1.54, 1.807) is 0 Å². The van der Waals surface area contributed by atoms with Crippen LogP contribution in [0.4, 0.5) is 0 Å². The fraction of sp³-hybridized carbons (Fsp3) is 0.917. The number of nitrogens with one attached hydrogen (secondary N) is 1. The van der Waals surface area contributed by atoms with Gasteiger partial charge in [-0.1, -0.05) is 33.6 Å². The molecule has 3 nitrogen and oxygen atoms in total. The first kappa shape index (κ1) is 14.4. The van der Waals surface area contributed by atoms with Gasteiger partial charge in [0.05, 0.1) is 5.54 Å². The van der Waals surface area contributed by atoms with E-state index < -0.39 is 5.54 Å². The summed E-state index contributed by atoms with van der Waals surface area (Å²) < 4.78 is 0. The summed E-state index contributed by atoms with van der Waals surface area (Å²) in [5, 5.41) is 2.99. The molecule has 0 aliphatic carbocycles. The van der Waals surface area contributed by atoms with Gasteiger partial charge in [0.2, 0.25) is 5.91 Å². The molecule has 3 N–H and O–H groups in total. The van der Waals surface area contributed by atoms with Crippen LogP contribution in [0.3, 0.4) is 0 Å². The van der Waals surface area contributed by atoms with Crippen molar-refractivity contribution in [2.75, 3.05) is 0 Å². The molecule has 0 bridgehead atoms. The second-order valence-corrected chi connectivity index (χ2v) is 4.38. The summed E-state index contributed by atoms with van der Waals surface area (Å²) in [7, 11) is 0. The molecule has 0 aromatic heterocycles. The molecule has 1 atom stereocenters. The largest absolute Gasteiger partial charge is 0.352 e. The normalized spacial score (nSPS) is 13.7. The lowest BCUT2D eigenvalue weighted by atomic mass is 9.92. The highest BCUT2D eigenvalue weighted by Gasteiger charge is 2.30. The lowest BCUT2D eigenvalue weighted by Crippen LogP contribution is -2.55. The van der Waals surface area contributed by atoms with Gasteiger partial charge in [0, 0.05) is 6.04 Å². The number of nitrogens with two attached hydrogens (primary N) is 1. The number of hydrogen-bond donors (Lipinski definition) is 2. The van der Waals surface area contributed by atoms with Gasteiger partial charge in [-0.15, -0.1) is 0 Å². The van der Waals surface area contributed by atoms with Crippen molar-refractivity contribution in [3.8, 4) is 0 Å². The summed E-state index contributed by atoms with van der Waals surface area (Å²) >= 11 is 0. The summed E-state index contributed by atoms with van der Waals surface area (Å²) in [6.07, 6.45) is 4.73. The van der Waals surface area contributed by atoms with Crippen LogP contribution in [0.1, 0.15) is 59.8 Å². The molecular weight excluding hydrogens is 188 g/mol. The third-order valence-electron chi connectivity index (χ3n) is 3.08. The quantitative estimate of drug-likeness (QED) is 0.682. The average molecular weight is 214 g/mol. The lowest BCUT2D eigenvalue weighted by molar-refractivity contribution is -0.127. The van der Waals surface area contributed by atoms with E-state index in [1.807, 2.05) is 20.8 Å². The molecule has 0 aliphatic heterocycles. The predicted octanol–water partition coefficient (Wildman–Crippen LogP) is 2.20. The highest BCUT2D eigenvalue weighted by molar-refractivity contribution is 5.86. The number of carbonyl (C=O) groups is 1. The van der Waals surface area contributed by atoms with Gasteiger partial charge in [-0.05, 0) is 26.2 Å². The zero-order valence-corrected chi connectivity index (χ0v) is 10.6. The van der Waals surface area contributed by atoms with Crippen molar-refractivity contribution < 1.29 is 4.79 Å². The van der Waals surface area contributed by atoms with Crippen LogP contribution >= 0.6 is 0 Å². The van der Waals surface area contributed by atoms with Crippen LogP contribution in [0, 0.1) is 0 Å². The molecule has 90 valence electrons. The molecule has 0 rings (SSSR count). The maximum Gasteiger partial charge on any atom is 0.240 e. The van der Waals surface area contributed by atoms with Gasteiger partial charge in [0.15, 0.2) is 0 Å². The van der Waals surface area contributed by atoms with Crippen molar-refractivity contribution in [2.45, 2.75) is 71.4 Å². The molecule has 0 spiro atoms. The summed E-state index contributed by atoms with van der Waals surface area (Å²) in [4.78, 5) is 11.9. The zero-order chi connectivity index (χ0) is 11.9. The Balaban J connectivity index is 4.10. The van der Waals surface area contributed by atoms with E-state index in [0.29, 0.717) is 12.8 Å². The predicted molar refractivity (Wildman–Crippen MR) is 64.6 cm³/mol. The third kappa shape index (κ3) is 4.65. The SMILES string of the molecule is CCCCC(C)NC(=O)C(N)(CC)CC. The molecule has 1 unspecified atom stereocenters. The maximum atomic E-state index is 11.9. The fourth-order valence-corrected chi connectivity index (χ4v) is 1.52. The Hall–Kier alpha value is -0.570. The highest BCUT2D eigenvalue weighted by atomic mass is 16.2. The first-order chi connectivity index (χ1) is 7.00. The van der Waals surface area contributed by atoms with Crippen molar-refractivity contribution in [1.82, 2.24) is 5.32 Å². The van der Waals surface area contributed by atoms with E-state index in [1.165, 1.54) is 0 Å². The van der Waals surface area contributed by atoms with Crippen molar-refractivity contribution in [3.05, 3.63) is 0 Å². The minimum absolute atomic E-state index is 0.00361. The van der Waals surface area contributed by atoms with Crippen LogP contribution < -0.4 is 11.1 Å². The number of rotatable bonds is 7. The van der Waals surface area contributed by atoms with Crippen LogP contribution in [0.25, 0.3) is 0 Å². The van der Waals surface area contributed by atoms with E-state index in [9.17, 15) is 4.79 Å². The first-order valence-corrected chi connectivity index (χ1v) is 6.10. The molecular formula is C12H26N2O. The van der Waals surface area contributed by atoms with Crippen LogP contribution in [-0.2, 0) is 4.79 Å². The molecule has 0 aromatic rings. The van der Waals surface area contributed by atoms with Crippen LogP contribution in [0.5, 0.6) is 0 Å². The number of unbranched alkanes of at least 4 members (excludes halogenated alkanes) is 1. The van der Waals surface area contributed by atoms with Gasteiger partial charge in [-0.2, -0.15) is 0 Å². The number of carbonyl (C=O) groups excluding carboxylic acids is 1. The van der Waals surface area contributed by atoms with Gasteiger partial charge in [0.1, 0.15) is 0 Å². The van der Waals surface area contributed by atoms with Crippen molar-refractivity contribution in [2.24, 2.45) is 5.73 Å². The van der Waals surface area contributed by atoms with Crippen molar-refractivity contribution >= 4 is 5.91 Å². The Kier molecular flexibility index (Phi) is 6.57. The van der Waals surface area contributed by atoms with E-state index >= 15 is 0 Å². The summed E-state index contributed by atoms with van der Waals surface area (Å²) in [5.41, 5.74) is 5.32. The molecule has 15 heavy (non-hydrogen) atoms. The molecule has 3 heteroatoms. The van der Waals surface area contributed by atoms with Gasteiger partial charge >= 0.3 is 0 Å². The van der Waals surface area contributed by atoms with E-state index in [-0.39, 0.29) is 11.9 Å². The Morgan fingerprint density at radius 2 is 1.87 bits per heavy atom. The minimum Gasteiger partial charge on any atom is -0.352 e. The standard InChI is InChI=1S/C12H26N2O/c1-5-8-9-10(4)14-11(15)12(13,6-2)7-3/h10H,5-9,13H2,1-4H3,(H,14,15). The number of hydrogen-bond acceptors (Lipinski definition) is 2. The molecule has 0 aliphatic rings. The molecule has 0 aromatic carbocycles. The monoisotopic (exact) mass is 214 g/mol. The average Bonchev–Trinajstić information content (AvgIpc) is 2.24. The van der Waals surface area contributed by atoms with Crippen molar-refractivity contribution in [3.63, 3.8) is 0 Å². The second-order valence-electron chi connectivity index (χ2n) is 4.38. The van der Waals surface area contributed by atoms with Crippen LogP contribution in [0.15, 0.2) is 0 Å². The molecule has 1 amide bonds. The summed E-state index contributed by atoms with van der Waals surface area (Å²) in [5.74, 6) is -0.00361. The first-order valence-electron chi connectivity index (χ1n) is 6.10. The molecule has 0 saturated carbocycles. The Morgan fingerprint density at radius 1 is 1.33 bits per heavy atom. The Morgan fingerprint density at radius 3 is 2.27 bits per heavy atom. The van der Waals surface area contributed by atoms with Gasteiger partial charge in [-0.25, -0.2) is 0 Å². The Bertz CT molecular complexity index is 188. The van der Waals surface area contributed by atoms with E-state index in [0.717, 1.165) is 19.3 Å². The van der Waals surface area contributed by atoms with Crippen molar-refractivity contribution in [1.29, 1.82) is 0 Å². The summed E-state index contributed by atoms with van der Waals surface area (Å²) in [6, 6.07) is 0.235.